The maximum Gasteiger partial charge on any atom is 0.271 e. The van der Waals surface area contributed by atoms with E-state index in [-0.39, 0.29) is 17.3 Å². The smallest absolute Gasteiger partial charge is 0.271 e. The highest BCUT2D eigenvalue weighted by molar-refractivity contribution is 5.90. The van der Waals surface area contributed by atoms with E-state index in [0.717, 1.165) is 0 Å². The fraction of sp³-hybridized carbons (Fsp3) is 0. The van der Waals surface area contributed by atoms with Crippen LogP contribution in [0.25, 0.3) is 10.9 Å². The van der Waals surface area contributed by atoms with Crippen LogP contribution in [0.2, 0.25) is 0 Å². The first-order chi connectivity index (χ1) is 6.59. The minimum atomic E-state index is -0.547. The summed E-state index contributed by atoms with van der Waals surface area (Å²) < 4.78 is 0. The summed E-state index contributed by atoms with van der Waals surface area (Å²) in [5.74, 6) is -0.685. The van der Waals surface area contributed by atoms with Crippen molar-refractivity contribution >= 4 is 16.6 Å². The Morgan fingerprint density at radius 2 is 2.07 bits per heavy atom. The van der Waals surface area contributed by atoms with E-state index in [2.05, 4.69) is 4.98 Å². The second-order valence-corrected chi connectivity index (χ2v) is 2.81. The molecule has 3 N–H and O–H groups in total. The fourth-order valence-electron chi connectivity index (χ4n) is 1.27. The minimum Gasteiger partial charge on any atom is -0.503 e. The maximum atomic E-state index is 10.4. The molecular formula is C8H6N2O4. The van der Waals surface area contributed by atoms with E-state index in [1.54, 1.807) is 0 Å². The van der Waals surface area contributed by atoms with Crippen LogP contribution in [0.3, 0.4) is 0 Å². The highest BCUT2D eigenvalue weighted by Crippen LogP contribution is 2.34. The Balaban J connectivity index is 2.73. The van der Waals surface area contributed by atoms with Crippen LogP contribution in [0.15, 0.2) is 18.2 Å². The van der Waals surface area contributed by atoms with Crippen molar-refractivity contribution < 1.29 is 15.1 Å². The van der Waals surface area contributed by atoms with Crippen molar-refractivity contribution in [3.63, 3.8) is 0 Å². The number of H-pyrrole nitrogens is 1. The summed E-state index contributed by atoms with van der Waals surface area (Å²) in [4.78, 5) is 12.3. The lowest BCUT2D eigenvalue weighted by Crippen LogP contribution is -1.86. The molecule has 0 radical (unpaired) electrons. The molecular weight excluding hydrogens is 188 g/mol. The molecule has 0 fully saturated rings. The SMILES string of the molecule is O=[N+]([O-])c1ccc2c(O)c(O)[nH]c2c1. The van der Waals surface area contributed by atoms with E-state index < -0.39 is 4.92 Å². The average molecular weight is 194 g/mol. The minimum absolute atomic E-state index is 0.0984. The number of aromatic amines is 1. The quantitative estimate of drug-likeness (QED) is 0.473. The van der Waals surface area contributed by atoms with Crippen molar-refractivity contribution in [2.24, 2.45) is 0 Å². The molecule has 0 spiro atoms. The number of fused-ring (bicyclic) bond motifs is 1. The molecule has 72 valence electrons. The van der Waals surface area contributed by atoms with Gasteiger partial charge in [-0.3, -0.25) is 10.1 Å². The molecule has 0 atom stereocenters. The van der Waals surface area contributed by atoms with Gasteiger partial charge in [0.05, 0.1) is 10.4 Å². The first kappa shape index (κ1) is 8.36. The number of aromatic hydroxyl groups is 2. The van der Waals surface area contributed by atoms with Crippen LogP contribution >= 0.6 is 0 Å². The molecule has 6 heteroatoms. The first-order valence-electron chi connectivity index (χ1n) is 3.77. The second-order valence-electron chi connectivity index (χ2n) is 2.81. The van der Waals surface area contributed by atoms with E-state index in [0.29, 0.717) is 10.9 Å². The number of non-ortho nitro benzene ring substituents is 1. The van der Waals surface area contributed by atoms with Gasteiger partial charge in [-0.25, -0.2) is 0 Å². The lowest BCUT2D eigenvalue weighted by atomic mass is 10.2. The average Bonchev–Trinajstić information content (AvgIpc) is 2.42. The van der Waals surface area contributed by atoms with E-state index in [4.69, 9.17) is 5.11 Å². The Kier molecular flexibility index (Phi) is 1.57. The van der Waals surface area contributed by atoms with Crippen LogP contribution in [0.4, 0.5) is 5.69 Å². The zero-order valence-electron chi connectivity index (χ0n) is 6.89. The second kappa shape index (κ2) is 2.63. The summed E-state index contributed by atoms with van der Waals surface area (Å²) in [6, 6.07) is 3.88. The predicted octanol–water partition coefficient (Wildman–Crippen LogP) is 1.49. The number of hydrogen-bond donors (Lipinski definition) is 3. The maximum absolute atomic E-state index is 10.4. The van der Waals surface area contributed by atoms with Gasteiger partial charge < -0.3 is 15.2 Å². The molecule has 0 amide bonds. The number of rotatable bonds is 1. The van der Waals surface area contributed by atoms with E-state index in [9.17, 15) is 15.2 Å². The van der Waals surface area contributed by atoms with Gasteiger partial charge in [0, 0.05) is 17.5 Å². The molecule has 2 rings (SSSR count). The number of nitrogens with zero attached hydrogens (tertiary/aromatic N) is 1. The number of hydrogen-bond acceptors (Lipinski definition) is 4. The third-order valence-corrected chi connectivity index (χ3v) is 1.95. The van der Waals surface area contributed by atoms with Crippen LogP contribution in [-0.2, 0) is 0 Å². The number of nitrogens with one attached hydrogen (secondary N) is 1. The van der Waals surface area contributed by atoms with Crippen molar-refractivity contribution in [1.82, 2.24) is 4.98 Å². The van der Waals surface area contributed by atoms with Crippen LogP contribution in [-0.4, -0.2) is 20.1 Å². The van der Waals surface area contributed by atoms with Gasteiger partial charge in [0.1, 0.15) is 0 Å². The molecule has 1 heterocycles. The Bertz CT molecular complexity index is 517. The standard InChI is InChI=1S/C8H6N2O4/c11-7-5-2-1-4(10(13)14)3-6(5)9-8(7)12/h1-3,9,11-12H. The first-order valence-corrected chi connectivity index (χ1v) is 3.77. The van der Waals surface area contributed by atoms with Gasteiger partial charge in [0.25, 0.3) is 5.69 Å². The Morgan fingerprint density at radius 3 is 2.71 bits per heavy atom. The largest absolute Gasteiger partial charge is 0.503 e. The third kappa shape index (κ3) is 1.05. The molecule has 6 nitrogen and oxygen atoms in total. The van der Waals surface area contributed by atoms with Crippen LogP contribution in [0, 0.1) is 10.1 Å². The number of nitro benzene ring substituents is 1. The van der Waals surface area contributed by atoms with Gasteiger partial charge in [0.15, 0.2) is 5.75 Å². The molecule has 1 aromatic carbocycles. The number of benzene rings is 1. The monoisotopic (exact) mass is 194 g/mol. The van der Waals surface area contributed by atoms with Gasteiger partial charge in [-0.1, -0.05) is 0 Å². The molecule has 0 unspecified atom stereocenters. The van der Waals surface area contributed by atoms with E-state index in [1.807, 2.05) is 0 Å². The summed E-state index contributed by atoms with van der Waals surface area (Å²) in [7, 11) is 0. The van der Waals surface area contributed by atoms with Gasteiger partial charge >= 0.3 is 0 Å². The predicted molar refractivity (Wildman–Crippen MR) is 48.3 cm³/mol. The van der Waals surface area contributed by atoms with Gasteiger partial charge in [-0.05, 0) is 6.07 Å². The summed E-state index contributed by atoms with van der Waals surface area (Å²) in [5.41, 5.74) is 0.230. The van der Waals surface area contributed by atoms with Crippen molar-refractivity contribution in [1.29, 1.82) is 0 Å². The highest BCUT2D eigenvalue weighted by atomic mass is 16.6. The molecule has 0 aliphatic carbocycles. The van der Waals surface area contributed by atoms with Crippen molar-refractivity contribution in [2.45, 2.75) is 0 Å². The lowest BCUT2D eigenvalue weighted by molar-refractivity contribution is -0.384. The van der Waals surface area contributed by atoms with Gasteiger partial charge in [0.2, 0.25) is 5.88 Å². The topological polar surface area (TPSA) is 99.4 Å². The fourth-order valence-corrected chi connectivity index (χ4v) is 1.27. The third-order valence-electron chi connectivity index (χ3n) is 1.95. The zero-order chi connectivity index (χ0) is 10.3. The van der Waals surface area contributed by atoms with Crippen molar-refractivity contribution in [2.75, 3.05) is 0 Å². The molecule has 14 heavy (non-hydrogen) atoms. The van der Waals surface area contributed by atoms with E-state index in [1.165, 1.54) is 18.2 Å². The molecule has 0 saturated heterocycles. The molecule has 0 bridgehead atoms. The highest BCUT2D eigenvalue weighted by Gasteiger charge is 2.12. The summed E-state index contributed by atoms with van der Waals surface area (Å²) in [6.07, 6.45) is 0. The van der Waals surface area contributed by atoms with Crippen LogP contribution in [0.1, 0.15) is 0 Å². The van der Waals surface area contributed by atoms with Crippen molar-refractivity contribution in [3.05, 3.63) is 28.3 Å². The molecule has 0 aliphatic heterocycles. The Labute approximate surface area is 77.6 Å². The number of aromatic nitrogens is 1. The van der Waals surface area contributed by atoms with Gasteiger partial charge in [-0.2, -0.15) is 0 Å². The summed E-state index contributed by atoms with van der Waals surface area (Å²) in [6.45, 7) is 0. The van der Waals surface area contributed by atoms with Crippen LogP contribution < -0.4 is 0 Å². The normalized spacial score (nSPS) is 10.6. The van der Waals surface area contributed by atoms with E-state index >= 15 is 0 Å². The molecule has 0 aliphatic rings. The van der Waals surface area contributed by atoms with Crippen LogP contribution in [0.5, 0.6) is 11.6 Å². The molecule has 2 aromatic rings. The molecule has 0 saturated carbocycles. The summed E-state index contributed by atoms with van der Waals surface area (Å²) >= 11 is 0. The van der Waals surface area contributed by atoms with Gasteiger partial charge in [-0.15, -0.1) is 0 Å². The van der Waals surface area contributed by atoms with Crippen molar-refractivity contribution in [3.8, 4) is 11.6 Å². The Morgan fingerprint density at radius 1 is 1.36 bits per heavy atom. The molecule has 1 aromatic heterocycles. The number of nitro groups is 1. The lowest BCUT2D eigenvalue weighted by Gasteiger charge is -1.91. The zero-order valence-corrected chi connectivity index (χ0v) is 6.89. The summed E-state index contributed by atoms with van der Waals surface area (Å²) in [5, 5.41) is 29.1. The Hall–Kier alpha value is -2.24.